The smallest absolute Gasteiger partial charge is 0.315 e. The number of H-pyrrole nitrogens is 1. The molecule has 0 spiro atoms. The number of aromatic nitrogens is 2. The van der Waals surface area contributed by atoms with Crippen molar-refractivity contribution in [2.24, 2.45) is 0 Å². The van der Waals surface area contributed by atoms with Crippen LogP contribution in [-0.2, 0) is 19.5 Å². The molecule has 0 atom stereocenters. The molecule has 0 radical (unpaired) electrons. The lowest BCUT2D eigenvalue weighted by molar-refractivity contribution is 0.221. The third-order valence-corrected chi connectivity index (χ3v) is 5.65. The molecule has 0 saturated carbocycles. The second-order valence-electron chi connectivity index (χ2n) is 8.07. The molecular weight excluding hydrogens is 374 g/mol. The first-order valence-electron chi connectivity index (χ1n) is 11.0. The Bertz CT molecular complexity index is 911. The summed E-state index contributed by atoms with van der Waals surface area (Å²) in [4.78, 5) is 22.4. The topological polar surface area (TPSA) is 73.0 Å². The predicted molar refractivity (Wildman–Crippen MR) is 120 cm³/mol. The van der Waals surface area contributed by atoms with Crippen LogP contribution in [0.4, 0.5) is 4.79 Å². The van der Waals surface area contributed by atoms with Crippen molar-refractivity contribution in [1.29, 1.82) is 0 Å². The van der Waals surface area contributed by atoms with Crippen LogP contribution in [-0.4, -0.2) is 40.5 Å². The maximum absolute atomic E-state index is 12.0. The molecule has 2 amide bonds. The molecule has 6 nitrogen and oxygen atoms in total. The van der Waals surface area contributed by atoms with Gasteiger partial charge < -0.3 is 15.6 Å². The molecule has 3 aromatic rings. The van der Waals surface area contributed by atoms with Crippen molar-refractivity contribution in [1.82, 2.24) is 25.5 Å². The normalized spacial score (nSPS) is 14.7. The number of carbonyl (C=O) groups excluding carboxylic acids is 1. The average Bonchev–Trinajstić information content (AvgIpc) is 3.20. The van der Waals surface area contributed by atoms with Gasteiger partial charge in [0.2, 0.25) is 0 Å². The molecule has 1 fully saturated rings. The highest BCUT2D eigenvalue weighted by Gasteiger charge is 2.10. The Morgan fingerprint density at radius 1 is 0.967 bits per heavy atom. The minimum atomic E-state index is -0.128. The maximum Gasteiger partial charge on any atom is 0.315 e. The monoisotopic (exact) mass is 405 g/mol. The molecule has 0 aliphatic carbocycles. The molecule has 2 aromatic carbocycles. The van der Waals surface area contributed by atoms with Crippen molar-refractivity contribution in [2.75, 3.05) is 19.6 Å². The Morgan fingerprint density at radius 3 is 2.53 bits per heavy atom. The van der Waals surface area contributed by atoms with Crippen molar-refractivity contribution in [2.45, 2.75) is 45.2 Å². The van der Waals surface area contributed by atoms with E-state index in [1.165, 1.54) is 37.9 Å². The summed E-state index contributed by atoms with van der Waals surface area (Å²) in [7, 11) is 0. The zero-order valence-electron chi connectivity index (χ0n) is 17.5. The minimum absolute atomic E-state index is 0.128. The van der Waals surface area contributed by atoms with Gasteiger partial charge in [-0.05, 0) is 55.6 Å². The fourth-order valence-electron chi connectivity index (χ4n) is 3.96. The number of aromatic amines is 1. The van der Waals surface area contributed by atoms with Crippen molar-refractivity contribution in [3.05, 3.63) is 65.5 Å². The van der Waals surface area contributed by atoms with Gasteiger partial charge >= 0.3 is 6.03 Å². The van der Waals surface area contributed by atoms with Crippen LogP contribution < -0.4 is 10.6 Å². The number of imidazole rings is 1. The van der Waals surface area contributed by atoms with Gasteiger partial charge in [-0.25, -0.2) is 9.78 Å². The number of carbonyl (C=O) groups is 1. The summed E-state index contributed by atoms with van der Waals surface area (Å²) >= 11 is 0. The summed E-state index contributed by atoms with van der Waals surface area (Å²) in [6.45, 7) is 4.61. The number of likely N-dealkylation sites (tertiary alicyclic amines) is 1. The lowest BCUT2D eigenvalue weighted by Gasteiger charge is -2.26. The van der Waals surface area contributed by atoms with Gasteiger partial charge in [0.1, 0.15) is 5.82 Å². The van der Waals surface area contributed by atoms with E-state index >= 15 is 0 Å². The molecule has 1 saturated heterocycles. The maximum atomic E-state index is 12.0. The number of fused-ring (bicyclic) bond motifs is 1. The van der Waals surface area contributed by atoms with Crippen LogP contribution in [0.15, 0.2) is 48.5 Å². The van der Waals surface area contributed by atoms with Crippen LogP contribution in [0.3, 0.4) is 0 Å². The second kappa shape index (κ2) is 10.3. The Labute approximate surface area is 178 Å². The SMILES string of the molecule is O=C(NCCCc1nc2ccccc2[nH]1)NCc1ccc(CN2CCCCC2)cc1. The average molecular weight is 406 g/mol. The quantitative estimate of drug-likeness (QED) is 0.496. The van der Waals surface area contributed by atoms with E-state index in [1.807, 2.05) is 24.3 Å². The first-order valence-corrected chi connectivity index (χ1v) is 11.0. The number of benzene rings is 2. The highest BCUT2D eigenvalue weighted by molar-refractivity contribution is 5.75. The molecule has 30 heavy (non-hydrogen) atoms. The molecule has 0 bridgehead atoms. The number of aryl methyl sites for hydroxylation is 1. The summed E-state index contributed by atoms with van der Waals surface area (Å²) in [6.07, 6.45) is 5.65. The highest BCUT2D eigenvalue weighted by Crippen LogP contribution is 2.14. The summed E-state index contributed by atoms with van der Waals surface area (Å²) in [5, 5.41) is 5.86. The van der Waals surface area contributed by atoms with Crippen LogP contribution in [0.1, 0.15) is 42.6 Å². The number of rotatable bonds is 8. The standard InChI is InChI=1S/C24H31N5O/c30-24(25-14-6-9-23-27-21-7-2-3-8-22(21)28-23)26-17-19-10-12-20(13-11-19)18-29-15-4-1-5-16-29/h2-3,7-8,10-13H,1,4-6,9,14-18H2,(H,27,28)(H2,25,26,30). The van der Waals surface area contributed by atoms with E-state index in [2.05, 4.69) is 49.8 Å². The Kier molecular flexibility index (Phi) is 6.98. The fourth-order valence-corrected chi connectivity index (χ4v) is 3.96. The Morgan fingerprint density at radius 2 is 1.73 bits per heavy atom. The first-order chi connectivity index (χ1) is 14.8. The van der Waals surface area contributed by atoms with Crippen molar-refractivity contribution < 1.29 is 4.79 Å². The van der Waals surface area contributed by atoms with Gasteiger partial charge in [-0.2, -0.15) is 0 Å². The molecule has 158 valence electrons. The number of piperidine rings is 1. The van der Waals surface area contributed by atoms with Gasteiger partial charge in [0.25, 0.3) is 0 Å². The third kappa shape index (κ3) is 5.83. The van der Waals surface area contributed by atoms with E-state index in [4.69, 9.17) is 0 Å². The van der Waals surface area contributed by atoms with Crippen LogP contribution in [0, 0.1) is 0 Å². The molecule has 1 aliphatic heterocycles. The number of hydrogen-bond acceptors (Lipinski definition) is 3. The highest BCUT2D eigenvalue weighted by atomic mass is 16.2. The van der Waals surface area contributed by atoms with E-state index in [0.717, 1.165) is 41.8 Å². The summed E-state index contributed by atoms with van der Waals surface area (Å²) in [6, 6.07) is 16.5. The minimum Gasteiger partial charge on any atom is -0.342 e. The molecule has 0 unspecified atom stereocenters. The van der Waals surface area contributed by atoms with Gasteiger partial charge in [0.05, 0.1) is 11.0 Å². The predicted octanol–water partition coefficient (Wildman–Crippen LogP) is 3.98. The van der Waals surface area contributed by atoms with E-state index in [0.29, 0.717) is 13.1 Å². The molecule has 3 N–H and O–H groups in total. The van der Waals surface area contributed by atoms with E-state index in [-0.39, 0.29) is 6.03 Å². The molecule has 6 heteroatoms. The fraction of sp³-hybridized carbons (Fsp3) is 0.417. The first kappa shape index (κ1) is 20.4. The molecule has 2 heterocycles. The Hall–Kier alpha value is -2.86. The number of nitrogens with zero attached hydrogens (tertiary/aromatic N) is 2. The van der Waals surface area contributed by atoms with Crippen LogP contribution >= 0.6 is 0 Å². The van der Waals surface area contributed by atoms with Gasteiger partial charge in [0, 0.05) is 26.1 Å². The number of amides is 2. The number of urea groups is 1. The summed E-state index contributed by atoms with van der Waals surface area (Å²) in [5.41, 5.74) is 4.51. The Balaban J connectivity index is 1.13. The van der Waals surface area contributed by atoms with Crippen molar-refractivity contribution in [3.63, 3.8) is 0 Å². The van der Waals surface area contributed by atoms with Crippen LogP contribution in [0.5, 0.6) is 0 Å². The molecule has 1 aromatic heterocycles. The number of nitrogens with one attached hydrogen (secondary N) is 3. The number of para-hydroxylation sites is 2. The van der Waals surface area contributed by atoms with Gasteiger partial charge in [-0.3, -0.25) is 4.90 Å². The third-order valence-electron chi connectivity index (χ3n) is 5.65. The lowest BCUT2D eigenvalue weighted by atomic mass is 10.1. The van der Waals surface area contributed by atoms with E-state index in [1.54, 1.807) is 0 Å². The zero-order chi connectivity index (χ0) is 20.6. The molecule has 4 rings (SSSR count). The largest absolute Gasteiger partial charge is 0.342 e. The van der Waals surface area contributed by atoms with Crippen molar-refractivity contribution >= 4 is 17.1 Å². The van der Waals surface area contributed by atoms with E-state index < -0.39 is 0 Å². The lowest BCUT2D eigenvalue weighted by Crippen LogP contribution is -2.35. The van der Waals surface area contributed by atoms with E-state index in [9.17, 15) is 4.79 Å². The summed E-state index contributed by atoms with van der Waals surface area (Å²) < 4.78 is 0. The van der Waals surface area contributed by atoms with Crippen LogP contribution in [0.25, 0.3) is 11.0 Å². The number of hydrogen-bond donors (Lipinski definition) is 3. The van der Waals surface area contributed by atoms with Gasteiger partial charge in [-0.1, -0.05) is 42.8 Å². The zero-order valence-corrected chi connectivity index (χ0v) is 17.5. The van der Waals surface area contributed by atoms with Crippen molar-refractivity contribution in [3.8, 4) is 0 Å². The molecule has 1 aliphatic rings. The van der Waals surface area contributed by atoms with Gasteiger partial charge in [-0.15, -0.1) is 0 Å². The summed E-state index contributed by atoms with van der Waals surface area (Å²) in [5.74, 6) is 0.961. The van der Waals surface area contributed by atoms with Crippen LogP contribution in [0.2, 0.25) is 0 Å². The second-order valence-corrected chi connectivity index (χ2v) is 8.07. The molecular formula is C24H31N5O. The van der Waals surface area contributed by atoms with Gasteiger partial charge in [0.15, 0.2) is 0 Å².